The molecule has 0 aliphatic heterocycles. The molecule has 0 saturated carbocycles. The van der Waals surface area contributed by atoms with Gasteiger partial charge in [0.2, 0.25) is 0 Å². The zero-order valence-electron chi connectivity index (χ0n) is 17.8. The van der Waals surface area contributed by atoms with Crippen LogP contribution in [0.4, 0.5) is 4.39 Å². The molecule has 1 unspecified atom stereocenters. The normalized spacial score (nSPS) is 12.2. The van der Waals surface area contributed by atoms with Crippen LogP contribution in [0.25, 0.3) is 10.8 Å². The summed E-state index contributed by atoms with van der Waals surface area (Å²) in [5, 5.41) is 1.80. The van der Waals surface area contributed by atoms with E-state index in [4.69, 9.17) is 25.8 Å². The standard InChI is InChI=1S/C23H30ClFO4S/c1-4-6-7-16(5-2)12-21(26)28-10-11-30-23-20(25)9-8-17-13-18(29-15-27-3)14-19(24)22(17)23/h8-9,13-14,16H,4-7,10-12,15H2,1-3H3. The first-order valence-corrected chi connectivity index (χ1v) is 11.7. The van der Waals surface area contributed by atoms with Gasteiger partial charge in [-0.15, -0.1) is 11.8 Å². The van der Waals surface area contributed by atoms with Crippen molar-refractivity contribution in [2.24, 2.45) is 5.92 Å². The van der Waals surface area contributed by atoms with Crippen LogP contribution < -0.4 is 4.74 Å². The molecule has 2 rings (SSSR count). The molecule has 0 saturated heterocycles. The molecule has 4 nitrogen and oxygen atoms in total. The molecule has 0 fully saturated rings. The molecule has 7 heteroatoms. The Labute approximate surface area is 187 Å². The lowest BCUT2D eigenvalue weighted by molar-refractivity contribution is -0.144. The van der Waals surface area contributed by atoms with E-state index in [0.29, 0.717) is 39.1 Å². The van der Waals surface area contributed by atoms with Crippen LogP contribution >= 0.6 is 23.4 Å². The van der Waals surface area contributed by atoms with Crippen LogP contribution in [-0.4, -0.2) is 32.2 Å². The van der Waals surface area contributed by atoms with Crippen molar-refractivity contribution < 1.29 is 23.4 Å². The molecular weight excluding hydrogens is 427 g/mol. The van der Waals surface area contributed by atoms with Crippen LogP contribution in [0.5, 0.6) is 5.75 Å². The van der Waals surface area contributed by atoms with Gasteiger partial charge in [0.05, 0.1) is 9.92 Å². The molecule has 1 atom stereocenters. The first-order chi connectivity index (χ1) is 14.5. The molecule has 0 spiro atoms. The summed E-state index contributed by atoms with van der Waals surface area (Å²) < 4.78 is 30.2. The third kappa shape index (κ3) is 7.33. The van der Waals surface area contributed by atoms with E-state index >= 15 is 0 Å². The van der Waals surface area contributed by atoms with Crippen LogP contribution in [0.2, 0.25) is 5.02 Å². The highest BCUT2D eigenvalue weighted by atomic mass is 35.5. The molecule has 2 aromatic rings. The van der Waals surface area contributed by atoms with Crippen LogP contribution in [0.3, 0.4) is 0 Å². The Hall–Kier alpha value is -1.50. The van der Waals surface area contributed by atoms with E-state index in [9.17, 15) is 9.18 Å². The van der Waals surface area contributed by atoms with E-state index in [-0.39, 0.29) is 25.2 Å². The molecular formula is C23H30ClFO4S. The Balaban J connectivity index is 1.97. The van der Waals surface area contributed by atoms with Crippen LogP contribution in [0.1, 0.15) is 46.0 Å². The van der Waals surface area contributed by atoms with Crippen molar-refractivity contribution in [2.75, 3.05) is 26.3 Å². The molecule has 0 bridgehead atoms. The quantitative estimate of drug-likeness (QED) is 0.142. The summed E-state index contributed by atoms with van der Waals surface area (Å²) in [5.41, 5.74) is 0. The van der Waals surface area contributed by atoms with E-state index in [2.05, 4.69) is 13.8 Å². The van der Waals surface area contributed by atoms with Crippen molar-refractivity contribution in [3.05, 3.63) is 35.1 Å². The number of methoxy groups -OCH3 is 1. The number of ether oxygens (including phenoxy) is 3. The maximum Gasteiger partial charge on any atom is 0.306 e. The summed E-state index contributed by atoms with van der Waals surface area (Å²) >= 11 is 7.70. The number of benzene rings is 2. The zero-order valence-corrected chi connectivity index (χ0v) is 19.4. The number of thioether (sulfide) groups is 1. The summed E-state index contributed by atoms with van der Waals surface area (Å²) in [4.78, 5) is 12.5. The largest absolute Gasteiger partial charge is 0.467 e. The van der Waals surface area contributed by atoms with Crippen molar-refractivity contribution in [3.8, 4) is 5.75 Å². The van der Waals surface area contributed by atoms with Gasteiger partial charge in [-0.2, -0.15) is 0 Å². The van der Waals surface area contributed by atoms with E-state index in [1.807, 2.05) is 0 Å². The summed E-state index contributed by atoms with van der Waals surface area (Å²) in [6.07, 6.45) is 4.72. The van der Waals surface area contributed by atoms with E-state index in [0.717, 1.165) is 31.1 Å². The second kappa shape index (κ2) is 13.0. The van der Waals surface area contributed by atoms with Gasteiger partial charge >= 0.3 is 5.97 Å². The van der Waals surface area contributed by atoms with Gasteiger partial charge in [-0.3, -0.25) is 4.79 Å². The topological polar surface area (TPSA) is 44.8 Å². The highest BCUT2D eigenvalue weighted by Crippen LogP contribution is 2.38. The number of unbranched alkanes of at least 4 members (excludes halogenated alkanes) is 1. The van der Waals surface area contributed by atoms with Gasteiger partial charge in [-0.05, 0) is 35.9 Å². The predicted octanol–water partition coefficient (Wildman–Crippen LogP) is 6.86. The molecule has 0 N–H and O–H groups in total. The van der Waals surface area contributed by atoms with Crippen molar-refractivity contribution in [1.82, 2.24) is 0 Å². The zero-order chi connectivity index (χ0) is 21.9. The lowest BCUT2D eigenvalue weighted by Gasteiger charge is -2.14. The van der Waals surface area contributed by atoms with Crippen molar-refractivity contribution in [3.63, 3.8) is 0 Å². The smallest absolute Gasteiger partial charge is 0.306 e. The second-order valence-corrected chi connectivity index (χ2v) is 8.63. The molecule has 0 heterocycles. The van der Waals surface area contributed by atoms with Crippen molar-refractivity contribution in [1.29, 1.82) is 0 Å². The Bertz CT molecular complexity index is 830. The highest BCUT2D eigenvalue weighted by molar-refractivity contribution is 7.99. The Morgan fingerprint density at radius 3 is 2.77 bits per heavy atom. The number of fused-ring (bicyclic) bond motifs is 1. The molecule has 2 aromatic carbocycles. The Morgan fingerprint density at radius 1 is 1.27 bits per heavy atom. The Kier molecular flexibility index (Phi) is 10.8. The maximum absolute atomic E-state index is 14.5. The fourth-order valence-electron chi connectivity index (χ4n) is 3.22. The minimum atomic E-state index is -0.350. The third-order valence-electron chi connectivity index (χ3n) is 4.88. The predicted molar refractivity (Wildman–Crippen MR) is 121 cm³/mol. The van der Waals surface area contributed by atoms with Gasteiger partial charge in [0.1, 0.15) is 18.2 Å². The summed E-state index contributed by atoms with van der Waals surface area (Å²) in [7, 11) is 1.53. The first-order valence-electron chi connectivity index (χ1n) is 10.3. The minimum absolute atomic E-state index is 0.105. The van der Waals surface area contributed by atoms with Crippen LogP contribution in [-0.2, 0) is 14.3 Å². The number of rotatable bonds is 13. The average Bonchev–Trinajstić information content (AvgIpc) is 2.73. The molecule has 0 aliphatic carbocycles. The van der Waals surface area contributed by atoms with Crippen molar-refractivity contribution in [2.45, 2.75) is 50.8 Å². The monoisotopic (exact) mass is 456 g/mol. The van der Waals surface area contributed by atoms with Gasteiger partial charge in [-0.25, -0.2) is 4.39 Å². The second-order valence-electron chi connectivity index (χ2n) is 7.12. The van der Waals surface area contributed by atoms with Crippen LogP contribution in [0, 0.1) is 11.7 Å². The van der Waals surface area contributed by atoms with Gasteiger partial charge in [0, 0.05) is 24.7 Å². The number of carbonyl (C=O) groups excluding carboxylic acids is 1. The lowest BCUT2D eigenvalue weighted by Crippen LogP contribution is -2.13. The van der Waals surface area contributed by atoms with Gasteiger partial charge < -0.3 is 14.2 Å². The molecule has 0 amide bonds. The molecule has 166 valence electrons. The molecule has 0 aliphatic rings. The van der Waals surface area contributed by atoms with Gasteiger partial charge in [0.15, 0.2) is 6.79 Å². The SMILES string of the molecule is CCCCC(CC)CC(=O)OCCSc1c(F)ccc2cc(OCOC)cc(Cl)c12. The summed E-state index contributed by atoms with van der Waals surface area (Å²) in [6, 6.07) is 6.52. The fourth-order valence-corrected chi connectivity index (χ4v) is 4.54. The fraction of sp³-hybridized carbons (Fsp3) is 0.522. The molecule has 0 aromatic heterocycles. The lowest BCUT2D eigenvalue weighted by atomic mass is 9.96. The number of esters is 1. The molecule has 30 heavy (non-hydrogen) atoms. The molecule has 0 radical (unpaired) electrons. The maximum atomic E-state index is 14.5. The first kappa shape index (κ1) is 24.8. The minimum Gasteiger partial charge on any atom is -0.467 e. The van der Waals surface area contributed by atoms with Crippen LogP contribution in [0.15, 0.2) is 29.2 Å². The number of halogens is 2. The highest BCUT2D eigenvalue weighted by Gasteiger charge is 2.15. The Morgan fingerprint density at radius 2 is 2.07 bits per heavy atom. The third-order valence-corrected chi connectivity index (χ3v) is 6.24. The van der Waals surface area contributed by atoms with E-state index in [1.54, 1.807) is 18.2 Å². The number of hydrogen-bond donors (Lipinski definition) is 0. The van der Waals surface area contributed by atoms with Crippen molar-refractivity contribution >= 4 is 40.1 Å². The number of carbonyl (C=O) groups is 1. The summed E-state index contributed by atoms with van der Waals surface area (Å²) in [6.45, 7) is 4.58. The summed E-state index contributed by atoms with van der Waals surface area (Å²) in [5.74, 6) is 0.839. The average molecular weight is 457 g/mol. The van der Waals surface area contributed by atoms with E-state index < -0.39 is 0 Å². The van der Waals surface area contributed by atoms with Gasteiger partial charge in [-0.1, -0.05) is 50.8 Å². The van der Waals surface area contributed by atoms with Gasteiger partial charge in [0.25, 0.3) is 0 Å². The van der Waals surface area contributed by atoms with E-state index in [1.165, 1.54) is 24.9 Å². The number of hydrogen-bond acceptors (Lipinski definition) is 5.